The van der Waals surface area contributed by atoms with Gasteiger partial charge in [0.2, 0.25) is 6.41 Å². The molecule has 6 atom stereocenters. The van der Waals surface area contributed by atoms with Crippen LogP contribution in [0.4, 0.5) is 10.2 Å². The number of phenols is 1. The highest BCUT2D eigenvalue weighted by atomic mass is 19.1. The summed E-state index contributed by atoms with van der Waals surface area (Å²) in [6.07, 6.45) is 13.2. The molecule has 3 saturated heterocycles. The zero-order valence-electron chi connectivity index (χ0n) is 49.8. The van der Waals surface area contributed by atoms with E-state index >= 15 is 4.39 Å². The number of nitrogens with one attached hydrogen (secondary N) is 3. The minimum Gasteiger partial charge on any atom is -0.505 e. The average molecular weight is 1150 g/mol. The number of nitrogens with zero attached hydrogens (tertiary/aromatic N) is 9. The number of rotatable bonds is 19. The summed E-state index contributed by atoms with van der Waals surface area (Å²) in [6, 6.07) is 24.2. The molecule has 12 rings (SSSR count). The molecule has 5 unspecified atom stereocenters. The molecule has 4 aromatic heterocycles. The molecule has 2 bridgehead atoms. The predicted molar refractivity (Wildman–Crippen MR) is 327 cm³/mol. The van der Waals surface area contributed by atoms with Crippen molar-refractivity contribution in [2.45, 2.75) is 136 Å². The second-order valence-corrected chi connectivity index (χ2v) is 22.6. The Morgan fingerprint density at radius 2 is 1.71 bits per heavy atom. The number of amides is 1. The normalized spacial score (nSPS) is 18.3. The highest BCUT2D eigenvalue weighted by Crippen LogP contribution is 2.53. The molecule has 4 aromatic carbocycles. The highest BCUT2D eigenvalue weighted by molar-refractivity contribution is 6.06. The van der Waals surface area contributed by atoms with Crippen molar-refractivity contribution < 1.29 is 33.7 Å². The molecule has 3 aliphatic heterocycles. The summed E-state index contributed by atoms with van der Waals surface area (Å²) in [5.41, 5.74) is 10.1. The Balaban J connectivity index is 0.000000248. The van der Waals surface area contributed by atoms with Gasteiger partial charge in [-0.2, -0.15) is 15.1 Å². The molecule has 84 heavy (non-hydrogen) atoms. The van der Waals surface area contributed by atoms with E-state index in [1.807, 2.05) is 102 Å². The minimum absolute atomic E-state index is 0.0128. The molecule has 1 saturated carbocycles. The van der Waals surface area contributed by atoms with Crippen LogP contribution in [0.5, 0.6) is 11.8 Å². The van der Waals surface area contributed by atoms with Crippen LogP contribution >= 0.6 is 0 Å². The number of anilines is 1. The van der Waals surface area contributed by atoms with Crippen molar-refractivity contribution in [3.63, 3.8) is 0 Å². The first-order valence-electron chi connectivity index (χ1n) is 29.6. The number of phenolic OH excluding ortho intramolecular Hbond substituents is 1. The summed E-state index contributed by atoms with van der Waals surface area (Å²) in [5, 5.41) is 45.2. The van der Waals surface area contributed by atoms with Gasteiger partial charge in [0.1, 0.15) is 47.5 Å². The van der Waals surface area contributed by atoms with E-state index in [2.05, 4.69) is 66.0 Å². The van der Waals surface area contributed by atoms with E-state index in [0.717, 1.165) is 100 Å². The van der Waals surface area contributed by atoms with Crippen LogP contribution in [0.15, 0.2) is 91.4 Å². The fourth-order valence-electron chi connectivity index (χ4n) is 11.5. The van der Waals surface area contributed by atoms with Gasteiger partial charge in [-0.25, -0.2) is 9.07 Å². The van der Waals surface area contributed by atoms with E-state index in [9.17, 15) is 19.8 Å². The summed E-state index contributed by atoms with van der Waals surface area (Å²) in [5.74, 6) is 0.649. The lowest BCUT2D eigenvalue weighted by Crippen LogP contribution is -2.44. The van der Waals surface area contributed by atoms with E-state index in [4.69, 9.17) is 19.4 Å². The molecule has 0 spiro atoms. The Labute approximate surface area is 491 Å². The van der Waals surface area contributed by atoms with E-state index in [1.54, 1.807) is 30.4 Å². The summed E-state index contributed by atoms with van der Waals surface area (Å²) in [7, 11) is 3.82. The number of halogens is 1. The van der Waals surface area contributed by atoms with Crippen molar-refractivity contribution >= 4 is 40.3 Å². The van der Waals surface area contributed by atoms with Gasteiger partial charge in [-0.3, -0.25) is 14.9 Å². The fourth-order valence-corrected chi connectivity index (χ4v) is 11.5. The van der Waals surface area contributed by atoms with Crippen molar-refractivity contribution in [2.24, 2.45) is 5.92 Å². The number of carbonyl (C=O) groups is 2. The summed E-state index contributed by atoms with van der Waals surface area (Å²) in [4.78, 5) is 40.9. The Morgan fingerprint density at radius 3 is 2.32 bits per heavy atom. The number of aliphatic hydroxyl groups is 1. The number of likely N-dealkylation sites (tertiary alicyclic amines) is 1. The van der Waals surface area contributed by atoms with Gasteiger partial charge in [-0.05, 0) is 137 Å². The maximum Gasteiger partial charge on any atom is 0.319 e. The average Bonchev–Trinajstić information content (AvgIpc) is 1.85. The van der Waals surface area contributed by atoms with Crippen LogP contribution in [0.1, 0.15) is 120 Å². The van der Waals surface area contributed by atoms with Crippen LogP contribution in [0.25, 0.3) is 55.3 Å². The topological polar surface area (TPSA) is 222 Å². The molecule has 1 amide bonds. The number of hydrogen-bond acceptors (Lipinski definition) is 15. The zero-order valence-corrected chi connectivity index (χ0v) is 49.8. The third kappa shape index (κ3) is 13.6. The van der Waals surface area contributed by atoms with Crippen LogP contribution in [-0.4, -0.2) is 139 Å². The van der Waals surface area contributed by atoms with Gasteiger partial charge in [0.15, 0.2) is 0 Å². The Morgan fingerprint density at radius 1 is 0.952 bits per heavy atom. The lowest BCUT2D eigenvalue weighted by molar-refractivity contribution is -0.112. The fraction of sp³-hybridized carbons (Fsp3) is 0.446. The number of aromatic amines is 1. The number of carbonyl (C=O) groups excluding carboxylic acids is 2. The maximum atomic E-state index is 16.5. The SMILES string of the molecule is CC.CC1CCCN1C.CO[C@@H](C)COc1nc(N2CC3CC2CN3)c2cc(C3CC3)c(-c3c(CCc4ccc(-c5cn(C(C=O)C(C)C)nn5)cc4)c(F)cc4[nH]ncc34)c(O)c2n1.Cc1ncccc1-c1ccc(C(CO)NC=O)cc1. The van der Waals surface area contributed by atoms with Gasteiger partial charge in [0, 0.05) is 83.2 Å². The number of aldehydes is 1. The second kappa shape index (κ2) is 27.8. The molecular formula is C65H81FN12O6. The van der Waals surface area contributed by atoms with E-state index in [0.29, 0.717) is 58.7 Å². The number of benzene rings is 4. The Kier molecular flexibility index (Phi) is 20.1. The first kappa shape index (κ1) is 60.9. The van der Waals surface area contributed by atoms with Gasteiger partial charge in [0.05, 0.1) is 36.7 Å². The number of fused-ring (bicyclic) bond motifs is 4. The summed E-state index contributed by atoms with van der Waals surface area (Å²) < 4.78 is 29.6. The first-order valence-corrected chi connectivity index (χ1v) is 29.6. The van der Waals surface area contributed by atoms with Crippen molar-refractivity contribution in [1.29, 1.82) is 0 Å². The van der Waals surface area contributed by atoms with Crippen LogP contribution in [0.2, 0.25) is 0 Å². The number of aryl methyl sites for hydroxylation is 2. The number of pyridine rings is 1. The smallest absolute Gasteiger partial charge is 0.319 e. The van der Waals surface area contributed by atoms with Gasteiger partial charge in [0.25, 0.3) is 0 Å². The molecule has 0 radical (unpaired) electrons. The molecule has 4 fully saturated rings. The van der Waals surface area contributed by atoms with Crippen molar-refractivity contribution in [1.82, 2.24) is 55.7 Å². The maximum absolute atomic E-state index is 16.5. The largest absolute Gasteiger partial charge is 0.505 e. The number of methoxy groups -OCH3 is 1. The lowest BCUT2D eigenvalue weighted by Gasteiger charge is -2.30. The molecule has 1 aliphatic carbocycles. The Hall–Kier alpha value is -7.71. The molecule has 18 nitrogen and oxygen atoms in total. The van der Waals surface area contributed by atoms with Gasteiger partial charge >= 0.3 is 6.01 Å². The van der Waals surface area contributed by atoms with E-state index in [1.165, 1.54) is 25.5 Å². The zero-order chi connectivity index (χ0) is 59.6. The number of ether oxygens (including phenoxy) is 2. The third-order valence-electron chi connectivity index (χ3n) is 16.7. The van der Waals surface area contributed by atoms with Crippen LogP contribution < -0.4 is 20.3 Å². The van der Waals surface area contributed by atoms with Crippen LogP contribution in [0.3, 0.4) is 0 Å². The lowest BCUT2D eigenvalue weighted by atomic mass is 9.86. The first-order chi connectivity index (χ1) is 40.8. The van der Waals surface area contributed by atoms with Crippen molar-refractivity contribution in [3.8, 4) is 45.3 Å². The molecule has 19 heteroatoms. The third-order valence-corrected chi connectivity index (χ3v) is 16.7. The number of hydrogen-bond donors (Lipinski definition) is 5. The summed E-state index contributed by atoms with van der Waals surface area (Å²) in [6.45, 7) is 17.2. The molecule has 8 aromatic rings. The predicted octanol–water partition coefficient (Wildman–Crippen LogP) is 10.3. The molecule has 5 N–H and O–H groups in total. The van der Waals surface area contributed by atoms with E-state index < -0.39 is 0 Å². The standard InChI is InChI=1S/C42H46FN9O4.C15H16N2O2.C6H13N.C2H6/c1-22(2)36(20-53)52-19-35(49-50-52)26-8-5-24(6-9-26)7-12-29-33(43)15-34-32(17-45-48-34)37(29)38-30(25-10-11-25)14-31-39(40(38)54)46-42(56-21-23(3)55-4)47-41(31)51-18-27-13-28(51)16-44-27;1-11-14(3-2-8-16-11)12-4-6-13(7-5-12)15(9-18)17-10-19;1-6-4-3-5-7(6)2;1-2/h5-6,8-9,14-15,17,19-20,22-23,25,27-28,36,44,54H,7,10-13,16,18,21H2,1-4H3,(H,45,48);2-8,10,15,18H,9H2,1H3,(H,17,19);6H,3-5H2,1-2H3;1-2H3/t23-,27?,28?,36?;;;/m0.../s1. The second-order valence-electron chi connectivity index (χ2n) is 22.6. The van der Waals surface area contributed by atoms with E-state index in [-0.39, 0.29) is 66.9 Å². The molecule has 7 heterocycles. The minimum atomic E-state index is -0.387. The summed E-state index contributed by atoms with van der Waals surface area (Å²) >= 11 is 0. The van der Waals surface area contributed by atoms with Crippen molar-refractivity contribution in [2.75, 3.05) is 51.9 Å². The quantitative estimate of drug-likeness (QED) is 0.0475. The van der Waals surface area contributed by atoms with Crippen molar-refractivity contribution in [3.05, 3.63) is 125 Å². The monoisotopic (exact) mass is 1140 g/mol. The van der Waals surface area contributed by atoms with Crippen LogP contribution in [0, 0.1) is 18.7 Å². The van der Waals surface area contributed by atoms with Gasteiger partial charge < -0.3 is 44.9 Å². The number of piperazine rings is 1. The number of aliphatic hydroxyl groups excluding tert-OH is 1. The number of aromatic nitrogens is 8. The molecule has 444 valence electrons. The van der Waals surface area contributed by atoms with Crippen LogP contribution in [-0.2, 0) is 27.2 Å². The van der Waals surface area contributed by atoms with Gasteiger partial charge in [-0.15, -0.1) is 5.10 Å². The number of aromatic hydroxyl groups is 1. The Bertz CT molecular complexity index is 3490. The highest BCUT2D eigenvalue weighted by Gasteiger charge is 2.40. The van der Waals surface area contributed by atoms with Gasteiger partial charge in [-0.1, -0.05) is 87.5 Å². The molecular weight excluding hydrogens is 1060 g/mol. The molecule has 4 aliphatic rings. The number of H-pyrrole nitrogens is 1.